The summed E-state index contributed by atoms with van der Waals surface area (Å²) < 4.78 is 13.1. The van der Waals surface area contributed by atoms with Gasteiger partial charge in [-0.05, 0) is 78.4 Å². The zero-order chi connectivity index (χ0) is 27.9. The predicted octanol–water partition coefficient (Wildman–Crippen LogP) is 8.52. The smallest absolute Gasteiger partial charge is 0.221 e. The lowest BCUT2D eigenvalue weighted by Crippen LogP contribution is -2.17. The highest BCUT2D eigenvalue weighted by molar-refractivity contribution is 6.08. The molecule has 0 unspecified atom stereocenters. The van der Waals surface area contributed by atoms with Gasteiger partial charge < -0.3 is 14.8 Å². The summed E-state index contributed by atoms with van der Waals surface area (Å²) in [5.41, 5.74) is 11.4. The van der Waals surface area contributed by atoms with Crippen molar-refractivity contribution in [3.8, 4) is 33.8 Å². The Kier molecular flexibility index (Phi) is 5.62. The second kappa shape index (κ2) is 8.61. The molecule has 0 saturated heterocycles. The summed E-state index contributed by atoms with van der Waals surface area (Å²) in [6, 6.07) is 17.7. The van der Waals surface area contributed by atoms with Crippen molar-refractivity contribution in [1.29, 1.82) is 0 Å². The number of ether oxygens (including phenoxy) is 2. The zero-order valence-electron chi connectivity index (χ0n) is 24.3. The quantitative estimate of drug-likeness (QED) is 0.287. The lowest BCUT2D eigenvalue weighted by atomic mass is 9.79. The Morgan fingerprint density at radius 1 is 0.718 bits per heavy atom. The Labute approximate surface area is 231 Å². The molecule has 0 radical (unpaired) electrons. The van der Waals surface area contributed by atoms with Crippen LogP contribution < -0.4 is 14.8 Å². The maximum Gasteiger partial charge on any atom is 0.221 e. The first kappa shape index (κ1) is 25.5. The molecule has 6 rings (SSSR count). The van der Waals surface area contributed by atoms with Crippen LogP contribution in [0.25, 0.3) is 33.0 Å². The van der Waals surface area contributed by atoms with Gasteiger partial charge in [-0.2, -0.15) is 0 Å². The van der Waals surface area contributed by atoms with Crippen LogP contribution in [0.5, 0.6) is 11.5 Å². The number of hydrogen-bond donors (Lipinski definition) is 1. The summed E-state index contributed by atoms with van der Waals surface area (Å²) in [6.07, 6.45) is 0. The number of hydrogen-bond acceptors (Lipinski definition) is 3. The fraction of sp³-hybridized carbons (Fsp3) is 0.343. The first-order valence-electron chi connectivity index (χ1n) is 14.0. The second-order valence-corrected chi connectivity index (χ2v) is 12.0. The van der Waals surface area contributed by atoms with Crippen molar-refractivity contribution in [3.63, 3.8) is 0 Å². The number of amides is 1. The summed E-state index contributed by atoms with van der Waals surface area (Å²) in [6.45, 7) is 18.1. The third-order valence-electron chi connectivity index (χ3n) is 8.67. The van der Waals surface area contributed by atoms with Gasteiger partial charge in [-0.3, -0.25) is 4.79 Å². The highest BCUT2D eigenvalue weighted by Crippen LogP contribution is 2.60. The number of rotatable bonds is 5. The molecule has 0 saturated carbocycles. The van der Waals surface area contributed by atoms with E-state index in [1.807, 2.05) is 13.0 Å². The average molecular weight is 520 g/mol. The molecule has 0 heterocycles. The molecular formula is C35H37NO3. The molecule has 0 bridgehead atoms. The molecular weight excluding hydrogens is 482 g/mol. The van der Waals surface area contributed by atoms with E-state index in [1.165, 1.54) is 38.9 Å². The molecule has 0 fully saturated rings. The van der Waals surface area contributed by atoms with Crippen LogP contribution in [-0.2, 0) is 15.6 Å². The van der Waals surface area contributed by atoms with E-state index in [1.54, 1.807) is 6.92 Å². The van der Waals surface area contributed by atoms with E-state index in [4.69, 9.17) is 9.47 Å². The first-order chi connectivity index (χ1) is 18.5. The lowest BCUT2D eigenvalue weighted by molar-refractivity contribution is -0.114. The van der Waals surface area contributed by atoms with Gasteiger partial charge in [0.15, 0.2) is 0 Å². The highest BCUT2D eigenvalue weighted by Gasteiger charge is 2.42. The maximum atomic E-state index is 11.8. The Balaban J connectivity index is 1.72. The summed E-state index contributed by atoms with van der Waals surface area (Å²) in [5.74, 6) is 1.78. The van der Waals surface area contributed by atoms with Crippen molar-refractivity contribution in [1.82, 2.24) is 0 Å². The van der Waals surface area contributed by atoms with Crippen LogP contribution in [0.3, 0.4) is 0 Å². The van der Waals surface area contributed by atoms with Gasteiger partial charge in [-0.1, -0.05) is 57.5 Å². The van der Waals surface area contributed by atoms with E-state index in [0.717, 1.165) is 39.1 Å². The van der Waals surface area contributed by atoms with E-state index >= 15 is 0 Å². The van der Waals surface area contributed by atoms with E-state index in [-0.39, 0.29) is 16.7 Å². The molecule has 0 spiro atoms. The van der Waals surface area contributed by atoms with Crippen molar-refractivity contribution in [2.75, 3.05) is 18.5 Å². The first-order valence-corrected chi connectivity index (χ1v) is 14.0. The molecule has 4 aromatic rings. The molecule has 0 aliphatic heterocycles. The molecule has 2 aliphatic rings. The van der Waals surface area contributed by atoms with Crippen LogP contribution in [0, 0.1) is 6.92 Å². The minimum atomic E-state index is -0.282. The van der Waals surface area contributed by atoms with Crippen LogP contribution in [0.2, 0.25) is 0 Å². The van der Waals surface area contributed by atoms with Gasteiger partial charge in [0, 0.05) is 45.3 Å². The fourth-order valence-electron chi connectivity index (χ4n) is 6.83. The Morgan fingerprint density at radius 2 is 1.21 bits per heavy atom. The SMILES string of the molecule is CCOc1c2c(cc3c(OCC)c4c(cc13)C(C)(C)c1cc(NC(C)=O)ccc1-4)C(C)(C)c1cc(C)ccc1-2. The topological polar surface area (TPSA) is 47.6 Å². The van der Waals surface area contributed by atoms with Crippen molar-refractivity contribution in [3.05, 3.63) is 76.3 Å². The number of benzene rings is 4. The van der Waals surface area contributed by atoms with Crippen LogP contribution >= 0.6 is 0 Å². The van der Waals surface area contributed by atoms with Crippen LogP contribution in [0.4, 0.5) is 5.69 Å². The summed E-state index contributed by atoms with van der Waals surface area (Å²) in [4.78, 5) is 11.8. The van der Waals surface area contributed by atoms with Gasteiger partial charge in [0.2, 0.25) is 5.91 Å². The van der Waals surface area contributed by atoms with Crippen molar-refractivity contribution < 1.29 is 14.3 Å². The number of carbonyl (C=O) groups is 1. The molecule has 4 heteroatoms. The normalized spacial score (nSPS) is 15.4. The number of aryl methyl sites for hydroxylation is 1. The summed E-state index contributed by atoms with van der Waals surface area (Å²) in [7, 11) is 0. The Morgan fingerprint density at radius 3 is 1.69 bits per heavy atom. The van der Waals surface area contributed by atoms with E-state index in [9.17, 15) is 4.79 Å². The molecule has 1 N–H and O–H groups in total. The number of fused-ring (bicyclic) bond motifs is 7. The Hall–Kier alpha value is -3.79. The standard InChI is InChI=1S/C35H37NO3/c1-9-38-32-25-18-29-31(23-14-12-21(36-20(4)37)16-27(23)35(29,7)8)33(39-10-2)24(25)17-28-30(32)22-13-11-19(3)15-26(22)34(28,5)6/h11-18H,9-10H2,1-8H3,(H,36,37). The zero-order valence-corrected chi connectivity index (χ0v) is 24.3. The summed E-state index contributed by atoms with van der Waals surface area (Å²) >= 11 is 0. The molecule has 1 amide bonds. The number of anilines is 1. The van der Waals surface area contributed by atoms with Crippen LogP contribution in [0.15, 0.2) is 48.5 Å². The average Bonchev–Trinajstić information content (AvgIpc) is 3.23. The predicted molar refractivity (Wildman–Crippen MR) is 160 cm³/mol. The maximum absolute atomic E-state index is 11.8. The van der Waals surface area contributed by atoms with Gasteiger partial charge in [0.1, 0.15) is 11.5 Å². The molecule has 39 heavy (non-hydrogen) atoms. The van der Waals surface area contributed by atoms with E-state index in [2.05, 4.69) is 89.3 Å². The molecule has 4 nitrogen and oxygen atoms in total. The minimum absolute atomic E-state index is 0.0713. The van der Waals surface area contributed by atoms with Gasteiger partial charge in [0.25, 0.3) is 0 Å². The minimum Gasteiger partial charge on any atom is -0.493 e. The van der Waals surface area contributed by atoms with Crippen molar-refractivity contribution in [2.45, 2.75) is 66.2 Å². The van der Waals surface area contributed by atoms with E-state index in [0.29, 0.717) is 13.2 Å². The van der Waals surface area contributed by atoms with Crippen molar-refractivity contribution in [2.24, 2.45) is 0 Å². The molecule has 0 atom stereocenters. The van der Waals surface area contributed by atoms with E-state index < -0.39 is 0 Å². The van der Waals surface area contributed by atoms with Crippen LogP contribution in [-0.4, -0.2) is 19.1 Å². The number of carbonyl (C=O) groups excluding carboxylic acids is 1. The molecule has 0 aromatic heterocycles. The highest BCUT2D eigenvalue weighted by atomic mass is 16.5. The second-order valence-electron chi connectivity index (χ2n) is 12.0. The number of nitrogens with one attached hydrogen (secondary N) is 1. The molecule has 4 aromatic carbocycles. The largest absolute Gasteiger partial charge is 0.493 e. The fourth-order valence-corrected chi connectivity index (χ4v) is 6.83. The molecule has 2 aliphatic carbocycles. The monoisotopic (exact) mass is 519 g/mol. The third-order valence-corrected chi connectivity index (χ3v) is 8.67. The van der Waals surface area contributed by atoms with Gasteiger partial charge in [0.05, 0.1) is 13.2 Å². The van der Waals surface area contributed by atoms with Crippen molar-refractivity contribution >= 4 is 22.4 Å². The summed E-state index contributed by atoms with van der Waals surface area (Å²) in [5, 5.41) is 5.14. The molecule has 200 valence electrons. The van der Waals surface area contributed by atoms with Gasteiger partial charge >= 0.3 is 0 Å². The van der Waals surface area contributed by atoms with Gasteiger partial charge in [-0.25, -0.2) is 0 Å². The Bertz CT molecular complexity index is 1690. The lowest BCUT2D eigenvalue weighted by Gasteiger charge is -2.26. The van der Waals surface area contributed by atoms with Gasteiger partial charge in [-0.15, -0.1) is 0 Å². The van der Waals surface area contributed by atoms with Crippen LogP contribution in [0.1, 0.15) is 76.3 Å². The third kappa shape index (κ3) is 3.53.